The second-order valence-electron chi connectivity index (χ2n) is 7.41. The SMILES string of the molecule is COc1ccc(C(C)(C)C)cc1NC(=O)[C@H]1Cc2ccccc2C(=O)O1. The average molecular weight is 353 g/mol. The van der Waals surface area contributed by atoms with Gasteiger partial charge < -0.3 is 14.8 Å². The van der Waals surface area contributed by atoms with Crippen molar-refractivity contribution >= 4 is 17.6 Å². The van der Waals surface area contributed by atoms with Crippen molar-refractivity contribution < 1.29 is 19.1 Å². The number of carbonyl (C=O) groups excluding carboxylic acids is 2. The lowest BCUT2D eigenvalue weighted by Gasteiger charge is -2.25. The fourth-order valence-corrected chi connectivity index (χ4v) is 2.96. The van der Waals surface area contributed by atoms with Crippen LogP contribution in [0.5, 0.6) is 5.75 Å². The van der Waals surface area contributed by atoms with Gasteiger partial charge in [0.25, 0.3) is 5.91 Å². The third-order valence-corrected chi connectivity index (χ3v) is 4.51. The van der Waals surface area contributed by atoms with Crippen LogP contribution in [-0.2, 0) is 21.4 Å². The molecule has 0 spiro atoms. The first-order valence-electron chi connectivity index (χ1n) is 8.58. The Morgan fingerprint density at radius 2 is 1.92 bits per heavy atom. The molecule has 0 unspecified atom stereocenters. The number of nitrogens with one attached hydrogen (secondary N) is 1. The maximum Gasteiger partial charge on any atom is 0.339 e. The topological polar surface area (TPSA) is 64.6 Å². The lowest BCUT2D eigenvalue weighted by atomic mass is 9.87. The van der Waals surface area contributed by atoms with Gasteiger partial charge in [-0.3, -0.25) is 4.79 Å². The van der Waals surface area contributed by atoms with E-state index in [1.54, 1.807) is 19.2 Å². The van der Waals surface area contributed by atoms with Crippen molar-refractivity contribution in [3.63, 3.8) is 0 Å². The first kappa shape index (κ1) is 18.0. The van der Waals surface area contributed by atoms with Gasteiger partial charge >= 0.3 is 5.97 Å². The zero-order chi connectivity index (χ0) is 18.9. The van der Waals surface area contributed by atoms with Gasteiger partial charge in [0.15, 0.2) is 6.10 Å². The highest BCUT2D eigenvalue weighted by Crippen LogP contribution is 2.32. The van der Waals surface area contributed by atoms with E-state index in [0.29, 0.717) is 23.4 Å². The van der Waals surface area contributed by atoms with Crippen molar-refractivity contribution in [2.75, 3.05) is 12.4 Å². The van der Waals surface area contributed by atoms with Crippen LogP contribution in [0.2, 0.25) is 0 Å². The van der Waals surface area contributed by atoms with Gasteiger partial charge in [0.05, 0.1) is 18.4 Å². The Balaban J connectivity index is 1.83. The number of benzene rings is 2. The molecule has 1 aliphatic rings. The molecular formula is C21H23NO4. The Hall–Kier alpha value is -2.82. The molecular weight excluding hydrogens is 330 g/mol. The monoisotopic (exact) mass is 353 g/mol. The minimum absolute atomic E-state index is 0.0675. The molecule has 2 aromatic rings. The van der Waals surface area contributed by atoms with E-state index < -0.39 is 12.1 Å². The molecule has 2 aromatic carbocycles. The first-order chi connectivity index (χ1) is 12.3. The molecule has 1 heterocycles. The van der Waals surface area contributed by atoms with Crippen molar-refractivity contribution in [3.05, 3.63) is 59.2 Å². The molecule has 0 aliphatic carbocycles. The van der Waals surface area contributed by atoms with E-state index in [9.17, 15) is 9.59 Å². The molecule has 1 atom stereocenters. The lowest BCUT2D eigenvalue weighted by molar-refractivity contribution is -0.125. The third kappa shape index (κ3) is 3.57. The van der Waals surface area contributed by atoms with Crippen LogP contribution in [0.15, 0.2) is 42.5 Å². The highest BCUT2D eigenvalue weighted by atomic mass is 16.5. The van der Waals surface area contributed by atoms with Gasteiger partial charge in [0.2, 0.25) is 0 Å². The Bertz CT molecular complexity index is 851. The summed E-state index contributed by atoms with van der Waals surface area (Å²) < 4.78 is 10.7. The van der Waals surface area contributed by atoms with Crippen LogP contribution in [-0.4, -0.2) is 25.1 Å². The second kappa shape index (κ2) is 6.83. The van der Waals surface area contributed by atoms with E-state index in [1.807, 2.05) is 30.3 Å². The summed E-state index contributed by atoms with van der Waals surface area (Å²) in [4.78, 5) is 24.8. The van der Waals surface area contributed by atoms with E-state index >= 15 is 0 Å². The largest absolute Gasteiger partial charge is 0.495 e. The van der Waals surface area contributed by atoms with Crippen LogP contribution < -0.4 is 10.1 Å². The van der Waals surface area contributed by atoms with Gasteiger partial charge in [-0.2, -0.15) is 0 Å². The highest BCUT2D eigenvalue weighted by molar-refractivity contribution is 6.00. The molecule has 1 amide bonds. The van der Waals surface area contributed by atoms with Gasteiger partial charge in [0, 0.05) is 6.42 Å². The smallest absolute Gasteiger partial charge is 0.339 e. The molecule has 0 bridgehead atoms. The summed E-state index contributed by atoms with van der Waals surface area (Å²) >= 11 is 0. The van der Waals surface area contributed by atoms with Crippen molar-refractivity contribution in [3.8, 4) is 5.75 Å². The fraction of sp³-hybridized carbons (Fsp3) is 0.333. The molecule has 0 saturated heterocycles. The Kier molecular flexibility index (Phi) is 4.72. The number of fused-ring (bicyclic) bond motifs is 1. The predicted molar refractivity (Wildman–Crippen MR) is 99.7 cm³/mol. The molecule has 1 aliphatic heterocycles. The van der Waals surface area contributed by atoms with Gasteiger partial charge in [-0.25, -0.2) is 4.79 Å². The first-order valence-corrected chi connectivity index (χ1v) is 8.58. The minimum atomic E-state index is -0.861. The zero-order valence-electron chi connectivity index (χ0n) is 15.5. The number of hydrogen-bond acceptors (Lipinski definition) is 4. The molecule has 0 saturated carbocycles. The molecule has 3 rings (SSSR count). The van der Waals surface area contributed by atoms with Crippen LogP contribution in [0.25, 0.3) is 0 Å². The molecule has 1 N–H and O–H groups in total. The Morgan fingerprint density at radius 3 is 2.62 bits per heavy atom. The zero-order valence-corrected chi connectivity index (χ0v) is 15.5. The number of amides is 1. The number of rotatable bonds is 3. The summed E-state index contributed by atoms with van der Waals surface area (Å²) in [5.74, 6) is -0.270. The van der Waals surface area contributed by atoms with Gasteiger partial charge in [-0.15, -0.1) is 0 Å². The summed E-state index contributed by atoms with van der Waals surface area (Å²) in [5, 5.41) is 2.85. The molecule has 0 aromatic heterocycles. The minimum Gasteiger partial charge on any atom is -0.495 e. The van der Waals surface area contributed by atoms with Crippen molar-refractivity contribution in [1.29, 1.82) is 0 Å². The number of anilines is 1. The standard InChI is InChI=1S/C21H23NO4/c1-21(2,3)14-9-10-17(25-4)16(12-14)22-19(23)18-11-13-7-5-6-8-15(13)20(24)26-18/h5-10,12,18H,11H2,1-4H3,(H,22,23)/t18-/m1/s1. The van der Waals surface area contributed by atoms with Crippen molar-refractivity contribution in [2.45, 2.75) is 38.7 Å². The van der Waals surface area contributed by atoms with Crippen LogP contribution >= 0.6 is 0 Å². The third-order valence-electron chi connectivity index (χ3n) is 4.51. The average Bonchev–Trinajstić information content (AvgIpc) is 2.60. The Labute approximate surface area is 153 Å². The normalized spacial score (nSPS) is 16.5. The van der Waals surface area contributed by atoms with Crippen molar-refractivity contribution in [1.82, 2.24) is 0 Å². The fourth-order valence-electron chi connectivity index (χ4n) is 2.96. The van der Waals surface area contributed by atoms with Crippen molar-refractivity contribution in [2.24, 2.45) is 0 Å². The summed E-state index contributed by atoms with van der Waals surface area (Å²) in [5.41, 5.74) is 2.91. The quantitative estimate of drug-likeness (QED) is 0.855. The van der Waals surface area contributed by atoms with Crippen LogP contribution in [0.4, 0.5) is 5.69 Å². The number of ether oxygens (including phenoxy) is 2. The molecule has 0 fully saturated rings. The number of hydrogen-bond donors (Lipinski definition) is 1. The van der Waals surface area contributed by atoms with E-state index in [0.717, 1.165) is 11.1 Å². The number of methoxy groups -OCH3 is 1. The summed E-state index contributed by atoms with van der Waals surface area (Å²) in [7, 11) is 1.55. The van der Waals surface area contributed by atoms with Gasteiger partial charge in [-0.1, -0.05) is 45.0 Å². The number of carbonyl (C=O) groups is 2. The van der Waals surface area contributed by atoms with E-state index in [-0.39, 0.29) is 11.3 Å². The lowest BCUT2D eigenvalue weighted by Crippen LogP contribution is -2.38. The van der Waals surface area contributed by atoms with E-state index in [2.05, 4.69) is 26.1 Å². The molecule has 26 heavy (non-hydrogen) atoms. The predicted octanol–water partition coefficient (Wildman–Crippen LogP) is 3.71. The van der Waals surface area contributed by atoms with Crippen LogP contribution in [0.1, 0.15) is 42.3 Å². The van der Waals surface area contributed by atoms with Gasteiger partial charge in [0.1, 0.15) is 5.75 Å². The molecule has 5 nitrogen and oxygen atoms in total. The van der Waals surface area contributed by atoms with E-state index in [4.69, 9.17) is 9.47 Å². The summed E-state index contributed by atoms with van der Waals surface area (Å²) in [6.45, 7) is 6.29. The number of cyclic esters (lactones) is 1. The highest BCUT2D eigenvalue weighted by Gasteiger charge is 2.31. The Morgan fingerprint density at radius 1 is 1.19 bits per heavy atom. The van der Waals surface area contributed by atoms with Crippen LogP contribution in [0, 0.1) is 0 Å². The second-order valence-corrected chi connectivity index (χ2v) is 7.41. The molecule has 5 heteroatoms. The maximum absolute atomic E-state index is 12.7. The van der Waals surface area contributed by atoms with E-state index in [1.165, 1.54) is 0 Å². The molecule has 136 valence electrons. The maximum atomic E-state index is 12.7. The molecule has 0 radical (unpaired) electrons. The summed E-state index contributed by atoms with van der Waals surface area (Å²) in [6, 6.07) is 12.9. The van der Waals surface area contributed by atoms with Crippen LogP contribution in [0.3, 0.4) is 0 Å². The number of esters is 1. The summed E-state index contributed by atoms with van der Waals surface area (Å²) in [6.07, 6.45) is -0.505. The van der Waals surface area contributed by atoms with Gasteiger partial charge in [-0.05, 0) is 34.7 Å².